The van der Waals surface area contributed by atoms with Crippen LogP contribution in [0.5, 0.6) is 0 Å². The predicted octanol–water partition coefficient (Wildman–Crippen LogP) is 0.0378. The van der Waals surface area contributed by atoms with Crippen molar-refractivity contribution in [3.63, 3.8) is 0 Å². The van der Waals surface area contributed by atoms with E-state index in [1.807, 2.05) is 0 Å². The highest BCUT2D eigenvalue weighted by Gasteiger charge is 2.18. The minimum Gasteiger partial charge on any atom is -0.375 e. The Hall–Kier alpha value is -2.03. The maximum absolute atomic E-state index is 11.9. The number of nitrogens with two attached hydrogens (primary N) is 1. The van der Waals surface area contributed by atoms with Crippen LogP contribution >= 0.6 is 11.3 Å². The van der Waals surface area contributed by atoms with Gasteiger partial charge in [-0.15, -0.1) is 10.2 Å². The fourth-order valence-corrected chi connectivity index (χ4v) is 2.04. The number of rotatable bonds is 3. The maximum atomic E-state index is 11.9. The van der Waals surface area contributed by atoms with Gasteiger partial charge in [0.25, 0.3) is 5.91 Å². The van der Waals surface area contributed by atoms with Gasteiger partial charge in [-0.05, 0) is 13.8 Å². The highest BCUT2D eigenvalue weighted by Crippen LogP contribution is 2.20. The van der Waals surface area contributed by atoms with Crippen molar-refractivity contribution in [2.24, 2.45) is 0 Å². The maximum Gasteiger partial charge on any atom is 0.263 e. The molecule has 0 aliphatic heterocycles. The predicted molar refractivity (Wildman–Crippen MR) is 61.3 cm³/mol. The van der Waals surface area contributed by atoms with Gasteiger partial charge in [0.1, 0.15) is 4.88 Å². The molecule has 0 aliphatic carbocycles. The van der Waals surface area contributed by atoms with E-state index in [0.717, 1.165) is 11.3 Å². The first-order valence-corrected chi connectivity index (χ1v) is 5.66. The highest BCUT2D eigenvalue weighted by molar-refractivity contribution is 7.17. The lowest BCUT2D eigenvalue weighted by molar-refractivity contribution is 0.0941. The molecular weight excluding hydrogens is 242 g/mol. The fraction of sp³-hybridized carbons (Fsp3) is 0.375. The molecule has 1 unspecified atom stereocenters. The van der Waals surface area contributed by atoms with Crippen molar-refractivity contribution in [2.75, 3.05) is 5.73 Å². The van der Waals surface area contributed by atoms with Gasteiger partial charge in [0.15, 0.2) is 11.0 Å². The summed E-state index contributed by atoms with van der Waals surface area (Å²) in [5.74, 6) is 0.183. The lowest BCUT2D eigenvalue weighted by Gasteiger charge is -2.08. The first-order chi connectivity index (χ1) is 8.08. The summed E-state index contributed by atoms with van der Waals surface area (Å²) in [5.41, 5.74) is 6.15. The molecule has 0 radical (unpaired) electrons. The van der Waals surface area contributed by atoms with Crippen LogP contribution < -0.4 is 11.1 Å². The molecule has 1 amide bonds. The van der Waals surface area contributed by atoms with E-state index in [0.29, 0.717) is 21.5 Å². The third-order valence-electron chi connectivity index (χ3n) is 2.12. The summed E-state index contributed by atoms with van der Waals surface area (Å²) in [4.78, 5) is 16.4. The second-order valence-electron chi connectivity index (χ2n) is 3.43. The smallest absolute Gasteiger partial charge is 0.263 e. The summed E-state index contributed by atoms with van der Waals surface area (Å²) in [6.45, 7) is 3.50. The summed E-state index contributed by atoms with van der Waals surface area (Å²) in [7, 11) is 0. The second kappa shape index (κ2) is 4.45. The van der Waals surface area contributed by atoms with Gasteiger partial charge in [0.2, 0.25) is 0 Å². The van der Waals surface area contributed by atoms with Crippen molar-refractivity contribution in [1.29, 1.82) is 0 Å². The minimum atomic E-state index is -0.330. The number of carbonyl (C=O) groups is 1. The molecule has 17 heavy (non-hydrogen) atoms. The van der Waals surface area contributed by atoms with Gasteiger partial charge in [0.05, 0.1) is 11.7 Å². The topological polar surface area (TPSA) is 122 Å². The average molecular weight is 253 g/mol. The lowest BCUT2D eigenvalue weighted by Crippen LogP contribution is -2.27. The number of aromatic nitrogens is 5. The molecule has 2 aromatic rings. The molecule has 1 atom stereocenters. The number of anilines is 1. The molecule has 0 saturated heterocycles. The van der Waals surface area contributed by atoms with Crippen molar-refractivity contribution >= 4 is 22.4 Å². The van der Waals surface area contributed by atoms with E-state index in [1.165, 1.54) is 0 Å². The van der Waals surface area contributed by atoms with Gasteiger partial charge >= 0.3 is 0 Å². The van der Waals surface area contributed by atoms with Crippen molar-refractivity contribution in [3.05, 3.63) is 16.4 Å². The Kier molecular flexibility index (Phi) is 3.00. The first kappa shape index (κ1) is 11.5. The van der Waals surface area contributed by atoms with E-state index >= 15 is 0 Å². The summed E-state index contributed by atoms with van der Waals surface area (Å²) >= 11 is 1.15. The van der Waals surface area contributed by atoms with Gasteiger partial charge in [0, 0.05) is 0 Å². The largest absolute Gasteiger partial charge is 0.375 e. The molecule has 0 bridgehead atoms. The molecule has 9 heteroatoms. The number of nitrogens with one attached hydrogen (secondary N) is 2. The highest BCUT2D eigenvalue weighted by atomic mass is 32.1. The lowest BCUT2D eigenvalue weighted by atomic mass is 10.3. The Morgan fingerprint density at radius 2 is 2.35 bits per heavy atom. The number of nitrogens with zero attached hydrogens (tertiary/aromatic N) is 4. The van der Waals surface area contributed by atoms with Gasteiger partial charge < -0.3 is 11.1 Å². The third kappa shape index (κ3) is 2.38. The molecule has 2 aromatic heterocycles. The molecule has 0 aliphatic rings. The number of tetrazole rings is 1. The number of hydrogen-bond donors (Lipinski definition) is 3. The zero-order valence-corrected chi connectivity index (χ0v) is 10.1. The fourth-order valence-electron chi connectivity index (χ4n) is 1.31. The van der Waals surface area contributed by atoms with E-state index < -0.39 is 0 Å². The zero-order chi connectivity index (χ0) is 12.4. The number of H-pyrrole nitrogens is 1. The minimum absolute atomic E-state index is 0.242. The first-order valence-electron chi connectivity index (χ1n) is 4.85. The normalized spacial score (nSPS) is 12.4. The van der Waals surface area contributed by atoms with Crippen molar-refractivity contribution < 1.29 is 4.79 Å². The van der Waals surface area contributed by atoms with Crippen LogP contribution in [0.15, 0.2) is 0 Å². The third-order valence-corrected chi connectivity index (χ3v) is 3.10. The summed E-state index contributed by atoms with van der Waals surface area (Å²) in [6, 6.07) is -0.330. The van der Waals surface area contributed by atoms with Crippen molar-refractivity contribution in [3.8, 4) is 0 Å². The van der Waals surface area contributed by atoms with Crippen LogP contribution in [-0.2, 0) is 0 Å². The number of hydrogen-bond acceptors (Lipinski definition) is 7. The number of nitrogen functional groups attached to an aromatic ring is 1. The van der Waals surface area contributed by atoms with E-state index in [9.17, 15) is 4.79 Å². The van der Waals surface area contributed by atoms with Crippen LogP contribution in [0.4, 0.5) is 5.13 Å². The van der Waals surface area contributed by atoms with Crippen molar-refractivity contribution in [1.82, 2.24) is 30.9 Å². The number of aromatic amines is 1. The van der Waals surface area contributed by atoms with Crippen LogP contribution in [0.3, 0.4) is 0 Å². The van der Waals surface area contributed by atoms with Crippen LogP contribution in [0.25, 0.3) is 0 Å². The monoisotopic (exact) mass is 253 g/mol. The Morgan fingerprint density at radius 3 is 2.88 bits per heavy atom. The number of amides is 1. The zero-order valence-electron chi connectivity index (χ0n) is 9.26. The van der Waals surface area contributed by atoms with Crippen molar-refractivity contribution in [2.45, 2.75) is 19.9 Å². The van der Waals surface area contributed by atoms with Crippen LogP contribution in [0.1, 0.15) is 34.2 Å². The van der Waals surface area contributed by atoms with E-state index in [1.54, 1.807) is 13.8 Å². The van der Waals surface area contributed by atoms with Gasteiger partial charge in [-0.1, -0.05) is 16.6 Å². The molecule has 0 saturated carbocycles. The summed E-state index contributed by atoms with van der Waals surface area (Å²) in [6.07, 6.45) is 0. The molecule has 0 aromatic carbocycles. The number of aryl methyl sites for hydroxylation is 1. The Labute approximate surface area is 101 Å². The summed E-state index contributed by atoms with van der Waals surface area (Å²) in [5, 5.41) is 16.5. The molecule has 90 valence electrons. The average Bonchev–Trinajstić information content (AvgIpc) is 2.87. The van der Waals surface area contributed by atoms with Gasteiger partial charge in [-0.3, -0.25) is 4.79 Å². The van der Waals surface area contributed by atoms with E-state index in [4.69, 9.17) is 5.73 Å². The molecule has 4 N–H and O–H groups in total. The van der Waals surface area contributed by atoms with Gasteiger partial charge in [-0.2, -0.15) is 5.21 Å². The second-order valence-corrected chi connectivity index (χ2v) is 4.46. The number of thiazole rings is 1. The molecule has 0 spiro atoms. The molecule has 2 rings (SSSR count). The number of carbonyl (C=O) groups excluding carboxylic acids is 1. The standard InChI is InChI=1S/C8H11N7OS/c1-3-5(17-8(9)11-3)7(16)10-4(2)6-12-14-15-13-6/h4H,1-2H3,(H2,9,11)(H,10,16)(H,12,13,14,15). The Balaban J connectivity index is 2.09. The molecular formula is C8H11N7OS. The Bertz CT molecular complexity index is 520. The Morgan fingerprint density at radius 1 is 1.59 bits per heavy atom. The van der Waals surface area contributed by atoms with Gasteiger partial charge in [-0.25, -0.2) is 4.98 Å². The summed E-state index contributed by atoms with van der Waals surface area (Å²) < 4.78 is 0. The van der Waals surface area contributed by atoms with E-state index in [2.05, 4.69) is 30.9 Å². The molecule has 0 fully saturated rings. The SMILES string of the molecule is Cc1nc(N)sc1C(=O)NC(C)c1nn[nH]n1. The molecule has 2 heterocycles. The van der Waals surface area contributed by atoms with Crippen LogP contribution in [-0.4, -0.2) is 31.5 Å². The quantitative estimate of drug-likeness (QED) is 0.709. The van der Waals surface area contributed by atoms with Crippen LogP contribution in [0.2, 0.25) is 0 Å². The van der Waals surface area contributed by atoms with Crippen LogP contribution in [0, 0.1) is 6.92 Å². The molecule has 8 nitrogen and oxygen atoms in total. The van der Waals surface area contributed by atoms with E-state index in [-0.39, 0.29) is 11.9 Å².